The Labute approximate surface area is 192 Å². The fourth-order valence-electron chi connectivity index (χ4n) is 3.28. The van der Waals surface area contributed by atoms with E-state index >= 15 is 0 Å². The number of halogens is 1. The second-order valence-electron chi connectivity index (χ2n) is 7.57. The molecule has 0 spiro atoms. The van der Waals surface area contributed by atoms with Gasteiger partial charge in [0, 0.05) is 16.1 Å². The molecule has 2 amide bonds. The molecule has 3 aromatic rings. The first kappa shape index (κ1) is 23.3. The first-order valence-corrected chi connectivity index (χ1v) is 10.8. The first-order valence-electron chi connectivity index (χ1n) is 10.4. The highest BCUT2D eigenvalue weighted by Gasteiger charge is 2.24. The summed E-state index contributed by atoms with van der Waals surface area (Å²) in [4.78, 5) is 25.3. The van der Waals surface area contributed by atoms with Crippen molar-refractivity contribution in [3.05, 3.63) is 76.8 Å². The molecular formula is C25H26ClN3O3. The Balaban J connectivity index is 1.76. The lowest BCUT2D eigenvalue weighted by atomic mass is 10.0. The third-order valence-corrected chi connectivity index (χ3v) is 5.19. The number of fused-ring (bicyclic) bond motifs is 1. The van der Waals surface area contributed by atoms with Crippen molar-refractivity contribution in [3.63, 3.8) is 0 Å². The number of nitrogens with zero attached hydrogens (tertiary/aromatic N) is 1. The van der Waals surface area contributed by atoms with E-state index in [-0.39, 0.29) is 11.8 Å². The van der Waals surface area contributed by atoms with Crippen LogP contribution in [0, 0.1) is 5.92 Å². The van der Waals surface area contributed by atoms with Gasteiger partial charge in [0.15, 0.2) is 0 Å². The zero-order valence-electron chi connectivity index (χ0n) is 18.3. The summed E-state index contributed by atoms with van der Waals surface area (Å²) in [5.41, 5.74) is 3.75. The number of hydrazone groups is 1. The minimum Gasteiger partial charge on any atom is -0.493 e. The van der Waals surface area contributed by atoms with Crippen LogP contribution in [0.3, 0.4) is 0 Å². The summed E-state index contributed by atoms with van der Waals surface area (Å²) in [5, 5.41) is 9.47. The molecule has 0 saturated carbocycles. The molecule has 6 nitrogen and oxygen atoms in total. The van der Waals surface area contributed by atoms with Gasteiger partial charge in [-0.1, -0.05) is 55.8 Å². The molecule has 2 N–H and O–H groups in total. The minimum atomic E-state index is -0.755. The summed E-state index contributed by atoms with van der Waals surface area (Å²) in [5.74, 6) is -0.220. The van der Waals surface area contributed by atoms with Crippen LogP contribution in [0.15, 0.2) is 65.8 Å². The Morgan fingerprint density at radius 1 is 1.06 bits per heavy atom. The number of hydrogen-bond acceptors (Lipinski definition) is 4. The Morgan fingerprint density at radius 2 is 1.78 bits per heavy atom. The van der Waals surface area contributed by atoms with Crippen LogP contribution in [0.5, 0.6) is 5.75 Å². The highest BCUT2D eigenvalue weighted by Crippen LogP contribution is 2.26. The number of amides is 2. The molecule has 0 aliphatic rings. The van der Waals surface area contributed by atoms with Crippen LogP contribution in [0.2, 0.25) is 5.02 Å². The lowest BCUT2D eigenvalue weighted by Crippen LogP contribution is -2.48. The van der Waals surface area contributed by atoms with E-state index in [9.17, 15) is 9.59 Å². The molecule has 0 saturated heterocycles. The number of ether oxygens (including phenoxy) is 1. The third kappa shape index (κ3) is 5.65. The predicted octanol–water partition coefficient (Wildman–Crippen LogP) is 4.80. The van der Waals surface area contributed by atoms with Crippen molar-refractivity contribution in [2.45, 2.75) is 26.8 Å². The first-order chi connectivity index (χ1) is 15.4. The smallest absolute Gasteiger partial charge is 0.262 e. The molecule has 1 unspecified atom stereocenters. The SMILES string of the molecule is CCOc1ccc2ccccc2c1/C=N/NC(=O)C(NC(=O)c1ccc(Cl)cc1)C(C)C. The van der Waals surface area contributed by atoms with Crippen molar-refractivity contribution in [1.82, 2.24) is 10.7 Å². The molecule has 3 rings (SSSR count). The Hall–Kier alpha value is -3.38. The van der Waals surface area contributed by atoms with Gasteiger partial charge in [-0.2, -0.15) is 5.10 Å². The zero-order chi connectivity index (χ0) is 23.1. The highest BCUT2D eigenvalue weighted by molar-refractivity contribution is 6.30. The number of carbonyl (C=O) groups excluding carboxylic acids is 2. The maximum absolute atomic E-state index is 12.8. The Bertz CT molecular complexity index is 1130. The monoisotopic (exact) mass is 451 g/mol. The van der Waals surface area contributed by atoms with E-state index in [0.717, 1.165) is 16.3 Å². The maximum atomic E-state index is 12.8. The fraction of sp³-hybridized carbons (Fsp3) is 0.240. The summed E-state index contributed by atoms with van der Waals surface area (Å²) >= 11 is 5.88. The van der Waals surface area contributed by atoms with E-state index in [4.69, 9.17) is 16.3 Å². The number of benzene rings is 3. The van der Waals surface area contributed by atoms with Gasteiger partial charge in [0.05, 0.1) is 12.8 Å². The molecule has 32 heavy (non-hydrogen) atoms. The van der Waals surface area contributed by atoms with Crippen molar-refractivity contribution in [2.24, 2.45) is 11.0 Å². The largest absolute Gasteiger partial charge is 0.493 e. The predicted molar refractivity (Wildman–Crippen MR) is 128 cm³/mol. The van der Waals surface area contributed by atoms with E-state index in [1.165, 1.54) is 0 Å². The second kappa shape index (κ2) is 10.8. The molecule has 0 aliphatic carbocycles. The van der Waals surface area contributed by atoms with E-state index in [2.05, 4.69) is 15.8 Å². The lowest BCUT2D eigenvalue weighted by Gasteiger charge is -2.20. The van der Waals surface area contributed by atoms with E-state index < -0.39 is 11.9 Å². The molecule has 0 radical (unpaired) electrons. The molecule has 0 aromatic heterocycles. The number of hydrogen-bond donors (Lipinski definition) is 2. The Morgan fingerprint density at radius 3 is 2.47 bits per heavy atom. The van der Waals surface area contributed by atoms with Gasteiger partial charge in [0.1, 0.15) is 11.8 Å². The quantitative estimate of drug-likeness (QED) is 0.381. The van der Waals surface area contributed by atoms with Gasteiger partial charge < -0.3 is 10.1 Å². The molecule has 3 aromatic carbocycles. The van der Waals surface area contributed by atoms with Gasteiger partial charge in [-0.05, 0) is 53.9 Å². The fourth-order valence-corrected chi connectivity index (χ4v) is 3.41. The normalized spacial score (nSPS) is 12.2. The van der Waals surface area contributed by atoms with Crippen molar-refractivity contribution >= 4 is 40.4 Å². The molecule has 0 bridgehead atoms. The molecule has 0 heterocycles. The van der Waals surface area contributed by atoms with Gasteiger partial charge in [-0.3, -0.25) is 9.59 Å². The molecule has 0 fully saturated rings. The van der Waals surface area contributed by atoms with E-state index in [1.807, 2.05) is 57.2 Å². The number of rotatable bonds is 8. The van der Waals surface area contributed by atoms with Crippen molar-refractivity contribution in [1.29, 1.82) is 0 Å². The summed E-state index contributed by atoms with van der Waals surface area (Å²) in [6.45, 7) is 6.13. The van der Waals surface area contributed by atoms with Crippen LogP contribution in [0.4, 0.5) is 0 Å². The number of nitrogens with one attached hydrogen (secondary N) is 2. The average molecular weight is 452 g/mol. The molecule has 1 atom stereocenters. The van der Waals surface area contributed by atoms with Crippen LogP contribution in [0.1, 0.15) is 36.7 Å². The van der Waals surface area contributed by atoms with Crippen LogP contribution >= 0.6 is 11.6 Å². The topological polar surface area (TPSA) is 79.8 Å². The molecular weight excluding hydrogens is 426 g/mol. The minimum absolute atomic E-state index is 0.141. The van der Waals surface area contributed by atoms with Crippen LogP contribution in [0.25, 0.3) is 10.8 Å². The summed E-state index contributed by atoms with van der Waals surface area (Å²) in [6, 6.07) is 17.5. The molecule has 0 aliphatic heterocycles. The summed E-state index contributed by atoms with van der Waals surface area (Å²) < 4.78 is 5.73. The standard InChI is InChI=1S/C25H26ClN3O3/c1-4-32-22-14-11-17-7-5-6-8-20(17)21(22)15-27-29-25(31)23(16(2)3)28-24(30)18-9-12-19(26)13-10-18/h5-16,23H,4H2,1-3H3,(H,28,30)(H,29,31)/b27-15+. The Kier molecular flexibility index (Phi) is 7.84. The molecule has 7 heteroatoms. The second-order valence-corrected chi connectivity index (χ2v) is 8.00. The maximum Gasteiger partial charge on any atom is 0.262 e. The van der Waals surface area contributed by atoms with Gasteiger partial charge in [-0.15, -0.1) is 0 Å². The average Bonchev–Trinajstić information content (AvgIpc) is 2.78. The highest BCUT2D eigenvalue weighted by atomic mass is 35.5. The number of carbonyl (C=O) groups is 2. The van der Waals surface area contributed by atoms with E-state index in [1.54, 1.807) is 30.5 Å². The van der Waals surface area contributed by atoms with Crippen molar-refractivity contribution < 1.29 is 14.3 Å². The lowest BCUT2D eigenvalue weighted by molar-refractivity contribution is -0.123. The van der Waals surface area contributed by atoms with Crippen LogP contribution in [-0.4, -0.2) is 30.7 Å². The van der Waals surface area contributed by atoms with Crippen molar-refractivity contribution in [2.75, 3.05) is 6.61 Å². The van der Waals surface area contributed by atoms with Gasteiger partial charge in [-0.25, -0.2) is 5.43 Å². The zero-order valence-corrected chi connectivity index (χ0v) is 19.0. The third-order valence-electron chi connectivity index (χ3n) is 4.94. The van der Waals surface area contributed by atoms with E-state index in [0.29, 0.717) is 22.9 Å². The van der Waals surface area contributed by atoms with Crippen LogP contribution < -0.4 is 15.5 Å². The van der Waals surface area contributed by atoms with Gasteiger partial charge in [0.25, 0.3) is 11.8 Å². The molecule has 166 valence electrons. The summed E-state index contributed by atoms with van der Waals surface area (Å²) in [6.07, 6.45) is 1.57. The van der Waals surface area contributed by atoms with Crippen molar-refractivity contribution in [3.8, 4) is 5.75 Å². The van der Waals surface area contributed by atoms with Gasteiger partial charge >= 0.3 is 0 Å². The van der Waals surface area contributed by atoms with Gasteiger partial charge in [0.2, 0.25) is 0 Å². The van der Waals surface area contributed by atoms with Crippen LogP contribution in [-0.2, 0) is 4.79 Å². The summed E-state index contributed by atoms with van der Waals surface area (Å²) in [7, 11) is 0.